The standard InChI is InChI=1S/C10H15NO3S/c1-15(12,13)14-9-5-10(6-9,7-11)4-8-2-3-8/h8-9H,2-6H2,1H3. The van der Waals surface area contributed by atoms with Gasteiger partial charge in [0.15, 0.2) is 0 Å². The number of nitriles is 1. The van der Waals surface area contributed by atoms with Crippen molar-refractivity contribution >= 4 is 10.1 Å². The van der Waals surface area contributed by atoms with Gasteiger partial charge in [-0.05, 0) is 25.2 Å². The van der Waals surface area contributed by atoms with Gasteiger partial charge in [0, 0.05) is 0 Å². The topological polar surface area (TPSA) is 67.2 Å². The first-order chi connectivity index (χ1) is 6.92. The lowest BCUT2D eigenvalue weighted by atomic mass is 9.65. The molecule has 5 heteroatoms. The van der Waals surface area contributed by atoms with Crippen molar-refractivity contribution in [1.82, 2.24) is 0 Å². The molecule has 0 aromatic carbocycles. The zero-order chi connectivity index (χ0) is 11.1. The monoisotopic (exact) mass is 229 g/mol. The predicted molar refractivity (Wildman–Crippen MR) is 54.3 cm³/mol. The fourth-order valence-electron chi connectivity index (χ4n) is 2.31. The van der Waals surface area contributed by atoms with Crippen molar-refractivity contribution in [2.45, 2.75) is 38.2 Å². The van der Waals surface area contributed by atoms with Crippen LogP contribution in [0.1, 0.15) is 32.1 Å². The zero-order valence-corrected chi connectivity index (χ0v) is 9.59. The highest BCUT2D eigenvalue weighted by Gasteiger charge is 2.49. The molecule has 2 rings (SSSR count). The van der Waals surface area contributed by atoms with Crippen LogP contribution in [0.4, 0.5) is 0 Å². The molecule has 0 amide bonds. The van der Waals surface area contributed by atoms with Crippen LogP contribution in [-0.4, -0.2) is 20.8 Å². The van der Waals surface area contributed by atoms with Gasteiger partial charge < -0.3 is 0 Å². The zero-order valence-electron chi connectivity index (χ0n) is 8.77. The Hall–Kier alpha value is -0.600. The van der Waals surface area contributed by atoms with Gasteiger partial charge in [-0.1, -0.05) is 12.8 Å². The minimum atomic E-state index is -3.36. The lowest BCUT2D eigenvalue weighted by molar-refractivity contribution is 0.0193. The Bertz CT molecular complexity index is 385. The lowest BCUT2D eigenvalue weighted by Gasteiger charge is -2.41. The van der Waals surface area contributed by atoms with Crippen molar-refractivity contribution in [1.29, 1.82) is 5.26 Å². The molecule has 2 fully saturated rings. The summed E-state index contributed by atoms with van der Waals surface area (Å²) in [6.45, 7) is 0. The highest BCUT2D eigenvalue weighted by molar-refractivity contribution is 7.86. The summed E-state index contributed by atoms with van der Waals surface area (Å²) in [5.74, 6) is 0.698. The Kier molecular flexibility index (Phi) is 2.52. The van der Waals surface area contributed by atoms with Crippen molar-refractivity contribution < 1.29 is 12.6 Å². The maximum absolute atomic E-state index is 10.9. The van der Waals surface area contributed by atoms with Crippen LogP contribution in [0.15, 0.2) is 0 Å². The Balaban J connectivity index is 1.86. The molecule has 0 spiro atoms. The average Bonchev–Trinajstić information content (AvgIpc) is 2.81. The van der Waals surface area contributed by atoms with Crippen LogP contribution < -0.4 is 0 Å². The number of nitrogens with zero attached hydrogens (tertiary/aromatic N) is 1. The van der Waals surface area contributed by atoms with Gasteiger partial charge in [0.1, 0.15) is 0 Å². The van der Waals surface area contributed by atoms with Crippen LogP contribution in [0.25, 0.3) is 0 Å². The van der Waals surface area contributed by atoms with Gasteiger partial charge in [0.05, 0.1) is 23.8 Å². The third-order valence-electron chi connectivity index (χ3n) is 3.16. The SMILES string of the molecule is CS(=O)(=O)OC1CC(C#N)(CC2CC2)C1. The molecule has 0 radical (unpaired) electrons. The van der Waals surface area contributed by atoms with Gasteiger partial charge in [0.2, 0.25) is 0 Å². The Morgan fingerprint density at radius 2 is 2.07 bits per heavy atom. The largest absolute Gasteiger partial charge is 0.267 e. The molecular formula is C10H15NO3S. The first-order valence-electron chi connectivity index (χ1n) is 5.22. The molecule has 0 aromatic heterocycles. The van der Waals surface area contributed by atoms with E-state index in [1.165, 1.54) is 12.8 Å². The van der Waals surface area contributed by atoms with Crippen LogP contribution in [-0.2, 0) is 14.3 Å². The highest BCUT2D eigenvalue weighted by Crippen LogP contribution is 2.51. The molecule has 0 atom stereocenters. The molecule has 0 saturated heterocycles. The first-order valence-corrected chi connectivity index (χ1v) is 7.04. The second-order valence-electron chi connectivity index (χ2n) is 4.87. The summed E-state index contributed by atoms with van der Waals surface area (Å²) in [7, 11) is -3.36. The average molecular weight is 229 g/mol. The summed E-state index contributed by atoms with van der Waals surface area (Å²) in [6.07, 6.45) is 5.31. The highest BCUT2D eigenvalue weighted by atomic mass is 32.2. The fraction of sp³-hybridized carbons (Fsp3) is 0.900. The molecule has 4 nitrogen and oxygen atoms in total. The lowest BCUT2D eigenvalue weighted by Crippen LogP contribution is -2.42. The normalized spacial score (nSPS) is 35.6. The van der Waals surface area contributed by atoms with Crippen LogP contribution >= 0.6 is 0 Å². The Labute approximate surface area is 90.4 Å². The fourth-order valence-corrected chi connectivity index (χ4v) is 2.94. The summed E-state index contributed by atoms with van der Waals surface area (Å²) >= 11 is 0. The molecule has 2 aliphatic rings. The minimum absolute atomic E-state index is 0.265. The van der Waals surface area contributed by atoms with Crippen molar-refractivity contribution in [3.05, 3.63) is 0 Å². The van der Waals surface area contributed by atoms with E-state index in [9.17, 15) is 8.42 Å². The van der Waals surface area contributed by atoms with Crippen LogP contribution in [0.5, 0.6) is 0 Å². The van der Waals surface area contributed by atoms with Gasteiger partial charge in [0.25, 0.3) is 10.1 Å². The van der Waals surface area contributed by atoms with E-state index < -0.39 is 10.1 Å². The van der Waals surface area contributed by atoms with Gasteiger partial charge in [-0.25, -0.2) is 0 Å². The quantitative estimate of drug-likeness (QED) is 0.684. The molecule has 84 valence electrons. The summed E-state index contributed by atoms with van der Waals surface area (Å²) in [6, 6.07) is 2.33. The summed E-state index contributed by atoms with van der Waals surface area (Å²) < 4.78 is 26.6. The maximum Gasteiger partial charge on any atom is 0.264 e. The Morgan fingerprint density at radius 3 is 2.47 bits per heavy atom. The van der Waals surface area contributed by atoms with E-state index in [1.54, 1.807) is 0 Å². The van der Waals surface area contributed by atoms with E-state index in [1.807, 2.05) is 0 Å². The molecule has 2 aliphatic carbocycles. The van der Waals surface area contributed by atoms with E-state index in [-0.39, 0.29) is 11.5 Å². The summed E-state index contributed by atoms with van der Waals surface area (Å²) in [5.41, 5.74) is -0.295. The molecule has 2 saturated carbocycles. The summed E-state index contributed by atoms with van der Waals surface area (Å²) in [5, 5.41) is 9.07. The Morgan fingerprint density at radius 1 is 1.47 bits per heavy atom. The van der Waals surface area contributed by atoms with E-state index in [0.29, 0.717) is 18.8 Å². The summed E-state index contributed by atoms with van der Waals surface area (Å²) in [4.78, 5) is 0. The third-order valence-corrected chi connectivity index (χ3v) is 3.78. The maximum atomic E-state index is 10.9. The van der Waals surface area contributed by atoms with Gasteiger partial charge in [-0.15, -0.1) is 0 Å². The van der Waals surface area contributed by atoms with E-state index in [2.05, 4.69) is 6.07 Å². The molecule has 0 bridgehead atoms. The third kappa shape index (κ3) is 2.70. The molecule has 15 heavy (non-hydrogen) atoms. The van der Waals surface area contributed by atoms with Crippen LogP contribution in [0.3, 0.4) is 0 Å². The van der Waals surface area contributed by atoms with E-state index >= 15 is 0 Å². The predicted octanol–water partition coefficient (Wildman–Crippen LogP) is 1.44. The first kappa shape index (κ1) is 10.9. The smallest absolute Gasteiger partial charge is 0.264 e. The second kappa shape index (κ2) is 3.46. The van der Waals surface area contributed by atoms with E-state index in [0.717, 1.165) is 12.7 Å². The van der Waals surface area contributed by atoms with Gasteiger partial charge in [-0.3, -0.25) is 4.18 Å². The van der Waals surface area contributed by atoms with Crippen molar-refractivity contribution in [3.63, 3.8) is 0 Å². The molecular weight excluding hydrogens is 214 g/mol. The number of hydrogen-bond donors (Lipinski definition) is 0. The van der Waals surface area contributed by atoms with Gasteiger partial charge >= 0.3 is 0 Å². The number of rotatable bonds is 4. The molecule has 0 unspecified atom stereocenters. The van der Waals surface area contributed by atoms with Crippen molar-refractivity contribution in [3.8, 4) is 6.07 Å². The molecule has 0 heterocycles. The second-order valence-corrected chi connectivity index (χ2v) is 6.47. The van der Waals surface area contributed by atoms with Crippen molar-refractivity contribution in [2.24, 2.45) is 11.3 Å². The molecule has 0 aliphatic heterocycles. The minimum Gasteiger partial charge on any atom is -0.267 e. The van der Waals surface area contributed by atoms with Crippen LogP contribution in [0.2, 0.25) is 0 Å². The molecule has 0 aromatic rings. The molecule has 0 N–H and O–H groups in total. The van der Waals surface area contributed by atoms with E-state index in [4.69, 9.17) is 9.44 Å². The van der Waals surface area contributed by atoms with Crippen molar-refractivity contribution in [2.75, 3.05) is 6.26 Å². The van der Waals surface area contributed by atoms with Crippen LogP contribution in [0, 0.1) is 22.7 Å². The number of hydrogen-bond acceptors (Lipinski definition) is 4. The van der Waals surface area contributed by atoms with Gasteiger partial charge in [-0.2, -0.15) is 13.7 Å².